The van der Waals surface area contributed by atoms with Crippen LogP contribution in [0.15, 0.2) is 158 Å². The van der Waals surface area contributed by atoms with Crippen molar-refractivity contribution >= 4 is 0 Å². The second-order valence-electron chi connectivity index (χ2n) is 11.4. The van der Waals surface area contributed by atoms with Crippen molar-refractivity contribution < 1.29 is 20.4 Å². The van der Waals surface area contributed by atoms with Gasteiger partial charge in [0.1, 0.15) is 5.60 Å². The molecule has 0 saturated carbocycles. The Kier molecular flexibility index (Phi) is 8.74. The molecule has 0 aromatic heterocycles. The molecule has 0 aliphatic rings. The summed E-state index contributed by atoms with van der Waals surface area (Å²) in [6.07, 6.45) is 0. The second kappa shape index (κ2) is 13.0. The van der Waals surface area contributed by atoms with Gasteiger partial charge >= 0.3 is 0 Å². The Balaban J connectivity index is 1.70. The average molecular weight is 593 g/mol. The van der Waals surface area contributed by atoms with Gasteiger partial charge in [0.2, 0.25) is 0 Å². The van der Waals surface area contributed by atoms with Gasteiger partial charge in [-0.15, -0.1) is 0 Å². The third-order valence-electron chi connectivity index (χ3n) is 8.88. The van der Waals surface area contributed by atoms with Crippen LogP contribution in [0.5, 0.6) is 0 Å². The largest absolute Gasteiger partial charge is 0.395 e. The first-order valence-electron chi connectivity index (χ1n) is 15.1. The van der Waals surface area contributed by atoms with E-state index in [4.69, 9.17) is 0 Å². The minimum atomic E-state index is -2.04. The van der Waals surface area contributed by atoms with E-state index in [9.17, 15) is 20.4 Å². The molecule has 45 heavy (non-hydrogen) atoms. The molecule has 4 N–H and O–H groups in total. The van der Waals surface area contributed by atoms with Crippen LogP contribution in [0.1, 0.15) is 11.1 Å². The molecule has 4 heteroatoms. The zero-order valence-corrected chi connectivity index (χ0v) is 24.9. The highest BCUT2D eigenvalue weighted by Crippen LogP contribution is 2.51. The molecule has 6 aromatic carbocycles. The molecular weight excluding hydrogens is 556 g/mol. The Bertz CT molecular complexity index is 1710. The van der Waals surface area contributed by atoms with Crippen LogP contribution in [0.4, 0.5) is 0 Å². The molecule has 0 saturated heterocycles. The zero-order chi connectivity index (χ0) is 31.3. The van der Waals surface area contributed by atoms with Crippen LogP contribution in [0.3, 0.4) is 0 Å². The van der Waals surface area contributed by atoms with Crippen LogP contribution >= 0.6 is 0 Å². The highest BCUT2D eigenvalue weighted by atomic mass is 16.3. The molecule has 0 amide bonds. The van der Waals surface area contributed by atoms with Crippen molar-refractivity contribution in [2.24, 2.45) is 5.41 Å². The molecule has 224 valence electrons. The molecule has 0 aliphatic carbocycles. The SMILES string of the molecule is OCC(CO)(CO)C(O)(c1ccc(-c2ccccc2)cc1-c1ccccc1)c1ccc(-c2ccccc2)cc1-c1ccccc1. The number of aliphatic hydroxyl groups is 4. The summed E-state index contributed by atoms with van der Waals surface area (Å²) in [6.45, 7) is -2.00. The maximum absolute atomic E-state index is 13.4. The fourth-order valence-electron chi connectivity index (χ4n) is 6.26. The maximum atomic E-state index is 13.4. The van der Waals surface area contributed by atoms with Gasteiger partial charge in [0.05, 0.1) is 25.2 Å². The van der Waals surface area contributed by atoms with Crippen molar-refractivity contribution in [3.63, 3.8) is 0 Å². The monoisotopic (exact) mass is 592 g/mol. The van der Waals surface area contributed by atoms with Crippen LogP contribution in [0.25, 0.3) is 44.5 Å². The van der Waals surface area contributed by atoms with Gasteiger partial charge in [0.25, 0.3) is 0 Å². The predicted molar refractivity (Wildman–Crippen MR) is 181 cm³/mol. The lowest BCUT2D eigenvalue weighted by Crippen LogP contribution is -2.54. The molecule has 0 atom stereocenters. The highest BCUT2D eigenvalue weighted by Gasteiger charge is 2.54. The lowest BCUT2D eigenvalue weighted by atomic mass is 9.63. The summed E-state index contributed by atoms with van der Waals surface area (Å²) in [5.41, 5.74) is 4.24. The lowest BCUT2D eigenvalue weighted by Gasteiger charge is -2.46. The van der Waals surface area contributed by atoms with Crippen molar-refractivity contribution in [3.05, 3.63) is 169 Å². The van der Waals surface area contributed by atoms with E-state index >= 15 is 0 Å². The standard InChI is InChI=1S/C41H36O4/c42-27-40(28-43,29-44)41(45,38-23-21-34(30-13-5-1-6-14-30)25-36(38)32-17-9-3-10-18-32)39-24-22-35(31-15-7-2-8-16-31)26-37(39)33-19-11-4-12-20-33/h1-26,42-45H,27-29H2. The number of benzene rings is 6. The van der Waals surface area contributed by atoms with E-state index in [0.717, 1.165) is 44.5 Å². The molecule has 0 unspecified atom stereocenters. The first-order chi connectivity index (χ1) is 22.0. The van der Waals surface area contributed by atoms with Crippen molar-refractivity contribution in [1.82, 2.24) is 0 Å². The fourth-order valence-corrected chi connectivity index (χ4v) is 6.26. The van der Waals surface area contributed by atoms with Gasteiger partial charge < -0.3 is 20.4 Å². The first kappa shape index (κ1) is 30.2. The van der Waals surface area contributed by atoms with Gasteiger partial charge in [-0.3, -0.25) is 0 Å². The zero-order valence-electron chi connectivity index (χ0n) is 24.9. The van der Waals surface area contributed by atoms with Crippen molar-refractivity contribution in [2.75, 3.05) is 19.8 Å². The molecule has 0 radical (unpaired) electrons. The van der Waals surface area contributed by atoms with Gasteiger partial charge in [-0.2, -0.15) is 0 Å². The summed E-state index contributed by atoms with van der Waals surface area (Å²) in [4.78, 5) is 0. The van der Waals surface area contributed by atoms with Crippen molar-refractivity contribution in [2.45, 2.75) is 5.60 Å². The van der Waals surface area contributed by atoms with E-state index in [0.29, 0.717) is 11.1 Å². The summed E-state index contributed by atoms with van der Waals surface area (Å²) < 4.78 is 0. The first-order valence-corrected chi connectivity index (χ1v) is 15.1. The molecule has 0 bridgehead atoms. The third-order valence-corrected chi connectivity index (χ3v) is 8.88. The van der Waals surface area contributed by atoms with E-state index in [1.54, 1.807) is 0 Å². The summed E-state index contributed by atoms with van der Waals surface area (Å²) in [7, 11) is 0. The van der Waals surface area contributed by atoms with Crippen LogP contribution in [-0.4, -0.2) is 40.2 Å². The Labute approximate surface area is 264 Å². The van der Waals surface area contributed by atoms with Crippen LogP contribution in [0, 0.1) is 5.41 Å². The minimum absolute atomic E-state index is 0.468. The summed E-state index contributed by atoms with van der Waals surface area (Å²) in [5, 5.41) is 46.2. The van der Waals surface area contributed by atoms with E-state index in [1.165, 1.54) is 0 Å². The van der Waals surface area contributed by atoms with Crippen molar-refractivity contribution in [1.29, 1.82) is 0 Å². The summed E-state index contributed by atoms with van der Waals surface area (Å²) in [6, 6.07) is 51.2. The summed E-state index contributed by atoms with van der Waals surface area (Å²) >= 11 is 0. The molecule has 0 heterocycles. The molecule has 4 nitrogen and oxygen atoms in total. The van der Waals surface area contributed by atoms with Gasteiger partial charge in [-0.25, -0.2) is 0 Å². The minimum Gasteiger partial charge on any atom is -0.395 e. The number of rotatable bonds is 10. The van der Waals surface area contributed by atoms with Crippen molar-refractivity contribution in [3.8, 4) is 44.5 Å². The number of hydrogen-bond donors (Lipinski definition) is 4. The van der Waals surface area contributed by atoms with E-state index in [2.05, 4.69) is 0 Å². The molecule has 6 rings (SSSR count). The Morgan fingerprint density at radius 2 is 0.667 bits per heavy atom. The quantitative estimate of drug-likeness (QED) is 0.132. The number of aliphatic hydroxyl groups excluding tert-OH is 3. The van der Waals surface area contributed by atoms with Crippen LogP contribution < -0.4 is 0 Å². The summed E-state index contributed by atoms with van der Waals surface area (Å²) in [5.74, 6) is 0. The van der Waals surface area contributed by atoms with Gasteiger partial charge in [-0.05, 0) is 67.8 Å². The maximum Gasteiger partial charge on any atom is 0.128 e. The molecular formula is C41H36O4. The van der Waals surface area contributed by atoms with Crippen LogP contribution in [0.2, 0.25) is 0 Å². The lowest BCUT2D eigenvalue weighted by molar-refractivity contribution is -0.135. The van der Waals surface area contributed by atoms with E-state index < -0.39 is 30.8 Å². The predicted octanol–water partition coefficient (Wildman–Crippen LogP) is 7.55. The van der Waals surface area contributed by atoms with Gasteiger partial charge in [0, 0.05) is 0 Å². The molecule has 6 aromatic rings. The second-order valence-corrected chi connectivity index (χ2v) is 11.4. The van der Waals surface area contributed by atoms with E-state index in [1.807, 2.05) is 158 Å². The average Bonchev–Trinajstić information content (AvgIpc) is 3.13. The molecule has 0 fully saturated rings. The van der Waals surface area contributed by atoms with E-state index in [-0.39, 0.29) is 0 Å². The van der Waals surface area contributed by atoms with Gasteiger partial charge in [-0.1, -0.05) is 146 Å². The normalized spacial score (nSPS) is 11.8. The fraction of sp³-hybridized carbons (Fsp3) is 0.122. The Morgan fingerprint density at radius 1 is 0.356 bits per heavy atom. The molecule has 0 aliphatic heterocycles. The number of hydrogen-bond acceptors (Lipinski definition) is 4. The Morgan fingerprint density at radius 3 is 0.978 bits per heavy atom. The topological polar surface area (TPSA) is 80.9 Å². The third kappa shape index (κ3) is 5.50. The van der Waals surface area contributed by atoms with Gasteiger partial charge in [0.15, 0.2) is 0 Å². The Hall–Kier alpha value is -4.84. The highest BCUT2D eigenvalue weighted by molar-refractivity contribution is 5.81. The smallest absolute Gasteiger partial charge is 0.128 e. The molecule has 0 spiro atoms. The van der Waals surface area contributed by atoms with Crippen LogP contribution in [-0.2, 0) is 5.60 Å².